The van der Waals surface area contributed by atoms with Crippen molar-refractivity contribution in [3.8, 4) is 11.5 Å². The van der Waals surface area contributed by atoms with Crippen molar-refractivity contribution in [3.05, 3.63) is 57.6 Å². The van der Waals surface area contributed by atoms with Crippen LogP contribution in [0.5, 0.6) is 11.5 Å². The first-order valence-electron chi connectivity index (χ1n) is 8.21. The highest BCUT2D eigenvalue weighted by atomic mass is 35.5. The molecule has 2 nitrogen and oxygen atoms in total. The lowest BCUT2D eigenvalue weighted by Gasteiger charge is -2.18. The number of hydrogen-bond donors (Lipinski definition) is 1. The van der Waals surface area contributed by atoms with Crippen molar-refractivity contribution >= 4 is 23.2 Å². The number of methoxy groups -OCH3 is 1. The van der Waals surface area contributed by atoms with E-state index in [2.05, 4.69) is 19.9 Å². The Bertz CT molecular complexity index is 685. The molecule has 0 saturated heterocycles. The molecule has 0 bridgehead atoms. The van der Waals surface area contributed by atoms with E-state index < -0.39 is 0 Å². The summed E-state index contributed by atoms with van der Waals surface area (Å²) in [5, 5.41) is 10.9. The molecule has 2 rings (SSSR count). The standard InChI is InChI=1S/C20H24Cl2O2/c1-13(4-5-15-6-9-19(23)20(11-15)24-3)10-14(2)16-7-8-17(21)18(22)12-16/h6-9,11-14,23H,4-5,10H2,1-3H3. The van der Waals surface area contributed by atoms with E-state index in [9.17, 15) is 5.11 Å². The zero-order chi connectivity index (χ0) is 17.7. The van der Waals surface area contributed by atoms with Gasteiger partial charge in [-0.05, 0) is 66.5 Å². The predicted octanol–water partition coefficient (Wildman–Crippen LogP) is 6.47. The molecular weight excluding hydrogens is 343 g/mol. The summed E-state index contributed by atoms with van der Waals surface area (Å²) in [5.74, 6) is 1.73. The van der Waals surface area contributed by atoms with Gasteiger partial charge in [-0.15, -0.1) is 0 Å². The van der Waals surface area contributed by atoms with Crippen molar-refractivity contribution in [3.63, 3.8) is 0 Å². The van der Waals surface area contributed by atoms with Gasteiger partial charge in [0.1, 0.15) is 0 Å². The van der Waals surface area contributed by atoms with Crippen LogP contribution in [0.25, 0.3) is 0 Å². The average Bonchev–Trinajstić information content (AvgIpc) is 2.56. The van der Waals surface area contributed by atoms with Crippen molar-refractivity contribution in [1.29, 1.82) is 0 Å². The molecule has 2 atom stereocenters. The molecule has 0 radical (unpaired) electrons. The van der Waals surface area contributed by atoms with Gasteiger partial charge in [0.25, 0.3) is 0 Å². The maximum atomic E-state index is 9.65. The molecule has 130 valence electrons. The van der Waals surface area contributed by atoms with Gasteiger partial charge in [0.2, 0.25) is 0 Å². The van der Waals surface area contributed by atoms with Crippen LogP contribution in [0.15, 0.2) is 36.4 Å². The third-order valence-corrected chi connectivity index (χ3v) is 5.18. The number of ether oxygens (including phenoxy) is 1. The first-order valence-corrected chi connectivity index (χ1v) is 8.97. The monoisotopic (exact) mass is 366 g/mol. The van der Waals surface area contributed by atoms with E-state index in [1.807, 2.05) is 24.3 Å². The average molecular weight is 367 g/mol. The van der Waals surface area contributed by atoms with Crippen molar-refractivity contribution in [2.45, 2.75) is 39.0 Å². The molecule has 2 aromatic rings. The van der Waals surface area contributed by atoms with Crippen LogP contribution >= 0.6 is 23.2 Å². The summed E-state index contributed by atoms with van der Waals surface area (Å²) in [6.45, 7) is 4.49. The number of aromatic hydroxyl groups is 1. The third-order valence-electron chi connectivity index (χ3n) is 4.44. The third kappa shape index (κ3) is 5.06. The minimum Gasteiger partial charge on any atom is -0.504 e. The Morgan fingerprint density at radius 1 is 1.04 bits per heavy atom. The van der Waals surface area contributed by atoms with Gasteiger partial charge < -0.3 is 9.84 Å². The highest BCUT2D eigenvalue weighted by Crippen LogP contribution is 2.31. The van der Waals surface area contributed by atoms with Crippen LogP contribution in [-0.4, -0.2) is 12.2 Å². The van der Waals surface area contributed by atoms with E-state index in [-0.39, 0.29) is 5.75 Å². The van der Waals surface area contributed by atoms with Gasteiger partial charge in [0.15, 0.2) is 11.5 Å². The highest BCUT2D eigenvalue weighted by Gasteiger charge is 2.13. The minimum atomic E-state index is 0.183. The quantitative estimate of drug-likeness (QED) is 0.608. The molecule has 0 saturated carbocycles. The summed E-state index contributed by atoms with van der Waals surface area (Å²) in [7, 11) is 1.57. The van der Waals surface area contributed by atoms with Gasteiger partial charge in [0.05, 0.1) is 17.2 Å². The Hall–Kier alpha value is -1.38. The fourth-order valence-electron chi connectivity index (χ4n) is 2.97. The SMILES string of the molecule is COc1cc(CCC(C)CC(C)c2ccc(Cl)c(Cl)c2)ccc1O. The maximum absolute atomic E-state index is 9.65. The first-order chi connectivity index (χ1) is 11.4. The van der Waals surface area contributed by atoms with Crippen LogP contribution in [0, 0.1) is 5.92 Å². The lowest BCUT2D eigenvalue weighted by Crippen LogP contribution is -2.04. The Balaban J connectivity index is 1.90. The van der Waals surface area contributed by atoms with E-state index >= 15 is 0 Å². The summed E-state index contributed by atoms with van der Waals surface area (Å²) in [6, 6.07) is 11.4. The van der Waals surface area contributed by atoms with E-state index in [0.29, 0.717) is 27.6 Å². The van der Waals surface area contributed by atoms with Crippen LogP contribution in [0.3, 0.4) is 0 Å². The van der Waals surface area contributed by atoms with Gasteiger partial charge in [-0.25, -0.2) is 0 Å². The number of rotatable bonds is 7. The Kier molecular flexibility index (Phi) is 6.82. The van der Waals surface area contributed by atoms with Gasteiger partial charge in [-0.2, -0.15) is 0 Å². The van der Waals surface area contributed by atoms with Crippen molar-refractivity contribution in [2.24, 2.45) is 5.92 Å². The molecule has 0 aliphatic rings. The van der Waals surface area contributed by atoms with Crippen molar-refractivity contribution < 1.29 is 9.84 Å². The van der Waals surface area contributed by atoms with Gasteiger partial charge in [-0.1, -0.05) is 49.2 Å². The first kappa shape index (κ1) is 19.0. The Labute approximate surface area is 154 Å². The van der Waals surface area contributed by atoms with Crippen LogP contribution in [-0.2, 0) is 6.42 Å². The van der Waals surface area contributed by atoms with Gasteiger partial charge in [-0.3, -0.25) is 0 Å². The van der Waals surface area contributed by atoms with E-state index in [4.69, 9.17) is 27.9 Å². The minimum absolute atomic E-state index is 0.183. The van der Waals surface area contributed by atoms with E-state index in [0.717, 1.165) is 19.3 Å². The fraction of sp³-hybridized carbons (Fsp3) is 0.400. The Morgan fingerprint density at radius 2 is 1.79 bits per heavy atom. The number of aryl methyl sites for hydroxylation is 1. The molecule has 0 heterocycles. The second-order valence-corrected chi connectivity index (χ2v) is 7.27. The molecule has 1 N–H and O–H groups in total. The molecule has 0 aliphatic carbocycles. The van der Waals surface area contributed by atoms with Gasteiger partial charge in [0, 0.05) is 0 Å². The summed E-state index contributed by atoms with van der Waals surface area (Å²) in [4.78, 5) is 0. The summed E-state index contributed by atoms with van der Waals surface area (Å²) >= 11 is 12.1. The topological polar surface area (TPSA) is 29.5 Å². The lowest BCUT2D eigenvalue weighted by atomic mass is 9.88. The zero-order valence-corrected chi connectivity index (χ0v) is 15.9. The van der Waals surface area contributed by atoms with Crippen molar-refractivity contribution in [2.75, 3.05) is 7.11 Å². The molecule has 0 spiro atoms. The maximum Gasteiger partial charge on any atom is 0.160 e. The van der Waals surface area contributed by atoms with Gasteiger partial charge >= 0.3 is 0 Å². The molecule has 0 aromatic heterocycles. The normalized spacial score (nSPS) is 13.5. The summed E-state index contributed by atoms with van der Waals surface area (Å²) in [6.07, 6.45) is 3.14. The van der Waals surface area contributed by atoms with E-state index in [1.54, 1.807) is 13.2 Å². The highest BCUT2D eigenvalue weighted by molar-refractivity contribution is 6.42. The second-order valence-electron chi connectivity index (χ2n) is 6.46. The van der Waals surface area contributed by atoms with Crippen LogP contribution < -0.4 is 4.74 Å². The molecule has 24 heavy (non-hydrogen) atoms. The number of benzene rings is 2. The number of halogens is 2. The summed E-state index contributed by atoms with van der Waals surface area (Å²) < 4.78 is 5.16. The fourth-order valence-corrected chi connectivity index (χ4v) is 3.27. The van der Waals surface area contributed by atoms with Crippen LogP contribution in [0.2, 0.25) is 10.0 Å². The molecule has 0 amide bonds. The predicted molar refractivity (Wildman–Crippen MR) is 102 cm³/mol. The molecule has 4 heteroatoms. The number of hydrogen-bond acceptors (Lipinski definition) is 2. The molecular formula is C20H24Cl2O2. The largest absolute Gasteiger partial charge is 0.504 e. The lowest BCUT2D eigenvalue weighted by molar-refractivity contribution is 0.372. The molecule has 2 aromatic carbocycles. The van der Waals surface area contributed by atoms with Crippen molar-refractivity contribution in [1.82, 2.24) is 0 Å². The smallest absolute Gasteiger partial charge is 0.160 e. The number of phenols is 1. The summed E-state index contributed by atoms with van der Waals surface area (Å²) in [5.41, 5.74) is 2.40. The molecule has 0 fully saturated rings. The molecule has 2 unspecified atom stereocenters. The second kappa shape index (κ2) is 8.64. The van der Waals surface area contributed by atoms with Crippen LogP contribution in [0.1, 0.15) is 43.7 Å². The van der Waals surface area contributed by atoms with E-state index in [1.165, 1.54) is 11.1 Å². The Morgan fingerprint density at radius 3 is 2.46 bits per heavy atom. The van der Waals surface area contributed by atoms with Crippen LogP contribution in [0.4, 0.5) is 0 Å². The number of phenolic OH excluding ortho intramolecular Hbond substituents is 1. The zero-order valence-electron chi connectivity index (χ0n) is 14.4. The molecule has 0 aliphatic heterocycles.